The molecule has 41 heavy (non-hydrogen) atoms. The minimum absolute atomic E-state index is 0.0848. The maximum Gasteiger partial charge on any atom is 0.210 e. The normalized spacial score (nSPS) is 14.4. The summed E-state index contributed by atoms with van der Waals surface area (Å²) in [5.74, 6) is 0.927. The van der Waals surface area contributed by atoms with Crippen molar-refractivity contribution in [3.63, 3.8) is 0 Å². The van der Waals surface area contributed by atoms with Crippen LogP contribution in [0.25, 0.3) is 37.0 Å². The van der Waals surface area contributed by atoms with Gasteiger partial charge < -0.3 is 4.90 Å². The van der Waals surface area contributed by atoms with Gasteiger partial charge in [-0.3, -0.25) is 0 Å². The van der Waals surface area contributed by atoms with Crippen molar-refractivity contribution in [2.75, 3.05) is 31.3 Å². The van der Waals surface area contributed by atoms with E-state index in [2.05, 4.69) is 147 Å². The predicted molar refractivity (Wildman–Crippen MR) is 186 cm³/mol. The van der Waals surface area contributed by atoms with Crippen molar-refractivity contribution in [1.82, 2.24) is 0 Å². The summed E-state index contributed by atoms with van der Waals surface area (Å²) >= 11 is 8.21. The lowest BCUT2D eigenvalue weighted by atomic mass is 9.79. The number of fused-ring (bicyclic) bond motifs is 3. The highest BCUT2D eigenvalue weighted by atomic mass is 32.1. The minimum atomic E-state index is -0.0848. The molecule has 0 radical (unpaired) electrons. The molecule has 2 aromatic heterocycles. The summed E-state index contributed by atoms with van der Waals surface area (Å²) in [5.41, 5.74) is 6.58. The van der Waals surface area contributed by atoms with Crippen molar-refractivity contribution in [3.8, 4) is 20.2 Å². The van der Waals surface area contributed by atoms with Crippen molar-refractivity contribution >= 4 is 69.2 Å². The highest BCUT2D eigenvalue weighted by molar-refractivity contribution is 7.80. The average molecular weight is 594 g/mol. The third kappa shape index (κ3) is 5.43. The first-order chi connectivity index (χ1) is 19.9. The van der Waals surface area contributed by atoms with Crippen LogP contribution in [0.3, 0.4) is 0 Å². The van der Waals surface area contributed by atoms with Gasteiger partial charge in [0, 0.05) is 63.4 Å². The van der Waals surface area contributed by atoms with Gasteiger partial charge in [-0.25, -0.2) is 0 Å². The van der Waals surface area contributed by atoms with Crippen LogP contribution in [0.15, 0.2) is 91.0 Å². The molecule has 6 rings (SSSR count). The van der Waals surface area contributed by atoms with Crippen LogP contribution in [0.5, 0.6) is 0 Å². The smallest absolute Gasteiger partial charge is 0.210 e. The van der Waals surface area contributed by atoms with E-state index in [-0.39, 0.29) is 5.41 Å². The van der Waals surface area contributed by atoms with Crippen LogP contribution in [-0.2, 0) is 5.41 Å². The lowest BCUT2D eigenvalue weighted by Gasteiger charge is -2.17. The molecule has 1 aliphatic heterocycles. The standard InChI is InChI=1S/C36H36N2S3/c1-36(2)34(38(23-7-8-24-39)30-18-13-25-9-5-6-10-29(25)35(30)36)22-17-28-16-19-32(40-28)33-21-20-31(41-33)26-11-14-27(15-12-26)37(3)4/h5-6,9-22H,7-8,23-24H2,1-4H3/p+1. The van der Waals surface area contributed by atoms with Gasteiger partial charge in [0.25, 0.3) is 0 Å². The summed E-state index contributed by atoms with van der Waals surface area (Å²) in [6, 6.07) is 31.3. The second-order valence-electron chi connectivity index (χ2n) is 11.4. The number of hydrogen-bond donors (Lipinski definition) is 1. The van der Waals surface area contributed by atoms with Crippen molar-refractivity contribution in [1.29, 1.82) is 0 Å². The van der Waals surface area contributed by atoms with Crippen molar-refractivity contribution in [2.45, 2.75) is 32.1 Å². The van der Waals surface area contributed by atoms with Crippen LogP contribution in [-0.4, -0.2) is 36.7 Å². The summed E-state index contributed by atoms with van der Waals surface area (Å²) < 4.78 is 2.56. The number of anilines is 1. The lowest BCUT2D eigenvalue weighted by molar-refractivity contribution is -0.438. The molecule has 3 heterocycles. The van der Waals surface area contributed by atoms with E-state index >= 15 is 0 Å². The molecule has 0 aliphatic carbocycles. The zero-order valence-electron chi connectivity index (χ0n) is 24.2. The Labute approximate surface area is 257 Å². The van der Waals surface area contributed by atoms with Crippen LogP contribution < -0.4 is 4.90 Å². The molecule has 208 valence electrons. The molecule has 0 saturated carbocycles. The molecule has 0 fully saturated rings. The molecule has 0 spiro atoms. The van der Waals surface area contributed by atoms with Crippen LogP contribution in [0.4, 0.5) is 11.4 Å². The monoisotopic (exact) mass is 593 g/mol. The van der Waals surface area contributed by atoms with Gasteiger partial charge in [-0.2, -0.15) is 17.2 Å². The van der Waals surface area contributed by atoms with Crippen molar-refractivity contribution in [3.05, 3.63) is 101 Å². The maximum atomic E-state index is 4.47. The average Bonchev–Trinajstić information content (AvgIpc) is 3.70. The Bertz CT molecular complexity index is 1750. The van der Waals surface area contributed by atoms with E-state index in [0.717, 1.165) is 25.1 Å². The molecule has 0 saturated heterocycles. The molecule has 1 aliphatic rings. The number of rotatable bonds is 9. The van der Waals surface area contributed by atoms with E-state index in [1.165, 1.54) is 58.5 Å². The summed E-state index contributed by atoms with van der Waals surface area (Å²) in [6.07, 6.45) is 6.94. The Hall–Kier alpha value is -3.12. The van der Waals surface area contributed by atoms with Gasteiger partial charge in [0.1, 0.15) is 6.54 Å². The van der Waals surface area contributed by atoms with E-state index in [4.69, 9.17) is 0 Å². The Morgan fingerprint density at radius 3 is 2.29 bits per heavy atom. The Balaban J connectivity index is 1.29. The van der Waals surface area contributed by atoms with Gasteiger partial charge in [-0.05, 0) is 90.9 Å². The molecular weight excluding hydrogens is 557 g/mol. The van der Waals surface area contributed by atoms with Gasteiger partial charge in [0.05, 0.1) is 5.41 Å². The van der Waals surface area contributed by atoms with Gasteiger partial charge in [-0.15, -0.1) is 22.7 Å². The van der Waals surface area contributed by atoms with Gasteiger partial charge in [0.15, 0.2) is 5.71 Å². The molecule has 0 atom stereocenters. The Morgan fingerprint density at radius 2 is 1.51 bits per heavy atom. The topological polar surface area (TPSA) is 6.25 Å². The fraction of sp³-hybridized carbons (Fsp3) is 0.250. The molecular formula is C36H37N2S3+. The van der Waals surface area contributed by atoms with Crippen molar-refractivity contribution in [2.24, 2.45) is 0 Å². The molecule has 2 nitrogen and oxygen atoms in total. The Morgan fingerprint density at radius 1 is 0.780 bits per heavy atom. The number of benzene rings is 3. The quantitative estimate of drug-likeness (QED) is 0.101. The molecule has 0 amide bonds. The SMILES string of the molecule is CN(C)c1ccc(-c2ccc(-c3ccc(/C=C/C4=[N+](CCCCS)c5ccc6ccccc6c5C4(C)C)s3)s2)cc1. The summed E-state index contributed by atoms with van der Waals surface area (Å²) in [7, 11) is 4.16. The number of unbranched alkanes of at least 4 members (excludes halogenated alkanes) is 1. The largest absolute Gasteiger partial charge is 0.378 e. The summed E-state index contributed by atoms with van der Waals surface area (Å²) in [6.45, 7) is 5.78. The van der Waals surface area contributed by atoms with E-state index in [1.807, 2.05) is 22.7 Å². The highest BCUT2D eigenvalue weighted by Gasteiger charge is 2.45. The second kappa shape index (κ2) is 11.6. The first-order valence-corrected chi connectivity index (χ1v) is 16.6. The highest BCUT2D eigenvalue weighted by Crippen LogP contribution is 2.45. The van der Waals surface area contributed by atoms with E-state index in [9.17, 15) is 0 Å². The number of thiophene rings is 2. The molecule has 5 heteroatoms. The maximum absolute atomic E-state index is 4.47. The lowest BCUT2D eigenvalue weighted by Crippen LogP contribution is -2.28. The third-order valence-corrected chi connectivity index (χ3v) is 10.8. The second-order valence-corrected chi connectivity index (χ2v) is 14.1. The summed E-state index contributed by atoms with van der Waals surface area (Å²) in [5, 5.41) is 2.67. The van der Waals surface area contributed by atoms with E-state index in [1.54, 1.807) is 0 Å². The molecule has 3 aromatic carbocycles. The van der Waals surface area contributed by atoms with Crippen LogP contribution in [0.2, 0.25) is 0 Å². The van der Waals surface area contributed by atoms with Crippen LogP contribution in [0.1, 0.15) is 37.1 Å². The fourth-order valence-corrected chi connectivity index (χ4v) is 8.18. The molecule has 0 N–H and O–H groups in total. The predicted octanol–water partition coefficient (Wildman–Crippen LogP) is 10.2. The number of hydrogen-bond acceptors (Lipinski definition) is 4. The van der Waals surface area contributed by atoms with E-state index in [0.29, 0.717) is 0 Å². The van der Waals surface area contributed by atoms with Crippen LogP contribution in [0, 0.1) is 0 Å². The van der Waals surface area contributed by atoms with E-state index < -0.39 is 0 Å². The first kappa shape index (κ1) is 28.0. The fourth-order valence-electron chi connectivity index (χ4n) is 5.94. The molecule has 5 aromatic rings. The van der Waals surface area contributed by atoms with Crippen molar-refractivity contribution < 1.29 is 4.58 Å². The van der Waals surface area contributed by atoms with Gasteiger partial charge in [0.2, 0.25) is 5.69 Å². The zero-order chi connectivity index (χ0) is 28.6. The first-order valence-electron chi connectivity index (χ1n) is 14.3. The van der Waals surface area contributed by atoms with Crippen LogP contribution >= 0.6 is 35.3 Å². The third-order valence-electron chi connectivity index (χ3n) is 8.09. The van der Waals surface area contributed by atoms with Gasteiger partial charge >= 0.3 is 0 Å². The molecule has 0 unspecified atom stereocenters. The number of allylic oxidation sites excluding steroid dienone is 1. The summed E-state index contributed by atoms with van der Waals surface area (Å²) in [4.78, 5) is 7.37. The van der Waals surface area contributed by atoms with Gasteiger partial charge in [-0.1, -0.05) is 36.4 Å². The molecule has 0 bridgehead atoms. The zero-order valence-corrected chi connectivity index (χ0v) is 26.8. The Kier molecular flexibility index (Phi) is 7.95. The number of nitrogens with zero attached hydrogens (tertiary/aromatic N) is 2. The number of thiol groups is 1. The minimum Gasteiger partial charge on any atom is -0.378 e.